The first kappa shape index (κ1) is 28.0. The molecule has 0 aromatic heterocycles. The summed E-state index contributed by atoms with van der Waals surface area (Å²) in [6, 6.07) is -5.10. The van der Waals surface area contributed by atoms with E-state index in [1.54, 1.807) is 0 Å². The smallest absolute Gasteiger partial charge is 0.327 e. The molecule has 3 amide bonds. The largest absolute Gasteiger partial charge is 0.481 e. The number of carbonyl (C=O) groups excluding carboxylic acids is 3. The molecule has 0 heterocycles. The zero-order valence-electron chi connectivity index (χ0n) is 16.4. The predicted octanol–water partition coefficient (Wildman–Crippen LogP) is -2.61. The molecule has 0 bridgehead atoms. The van der Waals surface area contributed by atoms with Crippen LogP contribution in [-0.2, 0) is 24.0 Å². The normalized spacial score (nSPS) is 14.7. The molecule has 0 aromatic carbocycles. The van der Waals surface area contributed by atoms with E-state index in [1.807, 2.05) is 6.26 Å². The van der Waals surface area contributed by atoms with Gasteiger partial charge in [-0.2, -0.15) is 24.4 Å². The van der Waals surface area contributed by atoms with Crippen LogP contribution in [0.2, 0.25) is 0 Å². The molecule has 4 unspecified atom stereocenters. The van der Waals surface area contributed by atoms with Crippen LogP contribution in [-0.4, -0.2) is 93.5 Å². The molecule has 0 aliphatic carbocycles. The summed E-state index contributed by atoms with van der Waals surface area (Å²) in [5, 5.41) is 33.9. The second-order valence-electron chi connectivity index (χ2n) is 6.21. The SMILES string of the molecule is CSCCC(N)C(=O)NC(CO)C(=O)NC(CCC(=O)O)C(=O)NC(CS)C(=O)O. The lowest BCUT2D eigenvalue weighted by Crippen LogP contribution is -2.58. The van der Waals surface area contributed by atoms with E-state index in [1.165, 1.54) is 11.8 Å². The number of thioether (sulfide) groups is 1. The maximum atomic E-state index is 12.4. The van der Waals surface area contributed by atoms with Gasteiger partial charge in [-0.25, -0.2) is 4.79 Å². The maximum absolute atomic E-state index is 12.4. The minimum absolute atomic E-state index is 0.232. The number of aliphatic hydroxyl groups is 1. The highest BCUT2D eigenvalue weighted by atomic mass is 32.2. The summed E-state index contributed by atoms with van der Waals surface area (Å²) in [7, 11) is 0. The fourth-order valence-corrected chi connectivity index (χ4v) is 2.85. The van der Waals surface area contributed by atoms with E-state index >= 15 is 0 Å². The first-order valence-corrected chi connectivity index (χ1v) is 10.9. The molecule has 0 fully saturated rings. The molecule has 14 heteroatoms. The zero-order valence-corrected chi connectivity index (χ0v) is 18.1. The summed E-state index contributed by atoms with van der Waals surface area (Å²) < 4.78 is 0. The number of amides is 3. The van der Waals surface area contributed by atoms with Crippen molar-refractivity contribution in [1.29, 1.82) is 0 Å². The van der Waals surface area contributed by atoms with Crippen molar-refractivity contribution in [3.8, 4) is 0 Å². The molecule has 0 aliphatic rings. The van der Waals surface area contributed by atoms with Crippen LogP contribution in [0.5, 0.6) is 0 Å². The van der Waals surface area contributed by atoms with Gasteiger partial charge in [0.05, 0.1) is 12.6 Å². The van der Waals surface area contributed by atoms with Crippen molar-refractivity contribution in [2.24, 2.45) is 5.73 Å². The fraction of sp³-hybridized carbons (Fsp3) is 0.688. The molecule has 8 N–H and O–H groups in total. The predicted molar refractivity (Wildman–Crippen MR) is 112 cm³/mol. The van der Waals surface area contributed by atoms with Crippen molar-refractivity contribution in [3.63, 3.8) is 0 Å². The number of rotatable bonds is 15. The first-order chi connectivity index (χ1) is 14.1. The van der Waals surface area contributed by atoms with Crippen molar-refractivity contribution in [2.75, 3.05) is 24.4 Å². The van der Waals surface area contributed by atoms with Crippen molar-refractivity contribution in [1.82, 2.24) is 16.0 Å². The molecule has 4 atom stereocenters. The Morgan fingerprint density at radius 1 is 0.933 bits per heavy atom. The monoisotopic (exact) mass is 468 g/mol. The van der Waals surface area contributed by atoms with Crippen LogP contribution in [0.3, 0.4) is 0 Å². The number of nitrogens with one attached hydrogen (secondary N) is 3. The molecule has 0 saturated carbocycles. The summed E-state index contributed by atoms with van der Waals surface area (Å²) >= 11 is 5.29. The van der Waals surface area contributed by atoms with E-state index in [0.717, 1.165) is 0 Å². The number of hydrogen-bond donors (Lipinski definition) is 8. The van der Waals surface area contributed by atoms with E-state index in [9.17, 15) is 29.1 Å². The highest BCUT2D eigenvalue weighted by molar-refractivity contribution is 7.98. The Morgan fingerprint density at radius 3 is 1.93 bits per heavy atom. The Bertz CT molecular complexity index is 622. The van der Waals surface area contributed by atoms with Crippen LogP contribution < -0.4 is 21.7 Å². The molecule has 30 heavy (non-hydrogen) atoms. The summed E-state index contributed by atoms with van der Waals surface area (Å²) in [5.74, 6) is -4.79. The molecule has 12 nitrogen and oxygen atoms in total. The lowest BCUT2D eigenvalue weighted by molar-refractivity contribution is -0.142. The molecule has 0 aliphatic heterocycles. The summed E-state index contributed by atoms with van der Waals surface area (Å²) in [5.41, 5.74) is 5.70. The number of carboxylic acids is 2. The molecule has 0 spiro atoms. The standard InChI is InChI=1S/C16H28N4O8S2/c1-30-5-4-8(17)13(24)19-10(6-21)15(26)18-9(2-3-12(22)23)14(25)20-11(7-29)16(27)28/h8-11,21,29H,2-7,17H2,1H3,(H,18,26)(H,19,24)(H,20,25)(H,22,23)(H,27,28). The van der Waals surface area contributed by atoms with E-state index < -0.39 is 66.9 Å². The highest BCUT2D eigenvalue weighted by Gasteiger charge is 2.30. The van der Waals surface area contributed by atoms with Gasteiger partial charge in [-0.3, -0.25) is 19.2 Å². The Morgan fingerprint density at radius 2 is 1.47 bits per heavy atom. The Labute approximate surface area is 183 Å². The number of thiol groups is 1. The quantitative estimate of drug-likeness (QED) is 0.117. The molecule has 0 rings (SSSR count). The van der Waals surface area contributed by atoms with E-state index in [2.05, 4.69) is 28.6 Å². The molecule has 172 valence electrons. The highest BCUT2D eigenvalue weighted by Crippen LogP contribution is 2.03. The lowest BCUT2D eigenvalue weighted by atomic mass is 10.1. The van der Waals surface area contributed by atoms with Crippen LogP contribution in [0, 0.1) is 0 Å². The van der Waals surface area contributed by atoms with Crippen LogP contribution >= 0.6 is 24.4 Å². The van der Waals surface area contributed by atoms with Crippen LogP contribution in [0.4, 0.5) is 0 Å². The summed E-state index contributed by atoms with van der Waals surface area (Å²) in [6.45, 7) is -0.797. The maximum Gasteiger partial charge on any atom is 0.327 e. The Kier molecular flexibility index (Phi) is 13.9. The number of carboxylic acid groups (broad SMARTS) is 2. The van der Waals surface area contributed by atoms with E-state index in [-0.39, 0.29) is 12.2 Å². The third-order valence-electron chi connectivity index (χ3n) is 3.86. The van der Waals surface area contributed by atoms with Gasteiger partial charge in [0.1, 0.15) is 18.1 Å². The van der Waals surface area contributed by atoms with Gasteiger partial charge in [0, 0.05) is 12.2 Å². The van der Waals surface area contributed by atoms with E-state index in [4.69, 9.17) is 15.9 Å². The lowest BCUT2D eigenvalue weighted by Gasteiger charge is -2.24. The minimum atomic E-state index is -1.43. The van der Waals surface area contributed by atoms with Gasteiger partial charge in [0.25, 0.3) is 0 Å². The average Bonchev–Trinajstić information content (AvgIpc) is 2.70. The van der Waals surface area contributed by atoms with Crippen molar-refractivity contribution in [3.05, 3.63) is 0 Å². The third kappa shape index (κ3) is 10.7. The van der Waals surface area contributed by atoms with Gasteiger partial charge in [-0.15, -0.1) is 0 Å². The zero-order chi connectivity index (χ0) is 23.3. The summed E-state index contributed by atoms with van der Waals surface area (Å²) in [6.07, 6.45) is 1.34. The fourth-order valence-electron chi connectivity index (χ4n) is 2.12. The number of aliphatic carboxylic acids is 2. The average molecular weight is 469 g/mol. The second kappa shape index (κ2) is 14.9. The van der Waals surface area contributed by atoms with Gasteiger partial charge >= 0.3 is 11.9 Å². The molecular weight excluding hydrogens is 440 g/mol. The van der Waals surface area contributed by atoms with Gasteiger partial charge in [-0.1, -0.05) is 0 Å². The minimum Gasteiger partial charge on any atom is -0.481 e. The van der Waals surface area contributed by atoms with Gasteiger partial charge in [0.2, 0.25) is 17.7 Å². The molecular formula is C16H28N4O8S2. The topological polar surface area (TPSA) is 208 Å². The summed E-state index contributed by atoms with van der Waals surface area (Å²) in [4.78, 5) is 58.7. The van der Waals surface area contributed by atoms with Crippen molar-refractivity contribution >= 4 is 54.1 Å². The first-order valence-electron chi connectivity index (χ1n) is 8.89. The second-order valence-corrected chi connectivity index (χ2v) is 7.56. The molecule has 0 saturated heterocycles. The molecule has 0 aromatic rings. The number of aliphatic hydroxyl groups excluding tert-OH is 1. The number of hydrogen-bond acceptors (Lipinski definition) is 9. The van der Waals surface area contributed by atoms with Crippen LogP contribution in [0.1, 0.15) is 19.3 Å². The Hall–Kier alpha value is -2.03. The van der Waals surface area contributed by atoms with Gasteiger partial charge < -0.3 is 37.0 Å². The van der Waals surface area contributed by atoms with E-state index in [0.29, 0.717) is 12.2 Å². The third-order valence-corrected chi connectivity index (χ3v) is 4.87. The van der Waals surface area contributed by atoms with Gasteiger partial charge in [0.15, 0.2) is 0 Å². The number of nitrogens with two attached hydrogens (primary N) is 1. The van der Waals surface area contributed by atoms with Crippen molar-refractivity contribution in [2.45, 2.75) is 43.4 Å². The molecule has 0 radical (unpaired) electrons. The van der Waals surface area contributed by atoms with Crippen LogP contribution in [0.25, 0.3) is 0 Å². The van der Waals surface area contributed by atoms with Crippen molar-refractivity contribution < 1.29 is 39.3 Å². The Balaban J connectivity index is 5.17. The number of carbonyl (C=O) groups is 5. The van der Waals surface area contributed by atoms with Gasteiger partial charge in [-0.05, 0) is 24.9 Å². The van der Waals surface area contributed by atoms with Crippen LogP contribution in [0.15, 0.2) is 0 Å².